The van der Waals surface area contributed by atoms with Crippen molar-refractivity contribution in [2.45, 2.75) is 32.7 Å². The van der Waals surface area contributed by atoms with Crippen molar-refractivity contribution in [1.82, 2.24) is 9.71 Å². The Morgan fingerprint density at radius 1 is 1.24 bits per heavy atom. The number of benzene rings is 1. The van der Waals surface area contributed by atoms with Crippen LogP contribution in [0, 0.1) is 11.3 Å². The Morgan fingerprint density at radius 2 is 2.00 bits per heavy atom. The quantitative estimate of drug-likeness (QED) is 0.788. The zero-order valence-corrected chi connectivity index (χ0v) is 15.7. The van der Waals surface area contributed by atoms with Crippen LogP contribution in [-0.4, -0.2) is 19.2 Å². The number of halogens is 1. The molecule has 1 atom stereocenters. The van der Waals surface area contributed by atoms with Gasteiger partial charge in [0.25, 0.3) is 0 Å². The number of rotatable bonds is 7. The van der Waals surface area contributed by atoms with Gasteiger partial charge in [0.15, 0.2) is 0 Å². The minimum atomic E-state index is -3.32. The van der Waals surface area contributed by atoms with E-state index in [-0.39, 0.29) is 11.8 Å². The number of pyridine rings is 1. The molecule has 5 nitrogen and oxygen atoms in total. The Bertz CT molecular complexity index is 891. The minimum Gasteiger partial charge on any atom is -0.264 e. The molecule has 0 bridgehead atoms. The van der Waals surface area contributed by atoms with Crippen LogP contribution >= 0.6 is 11.6 Å². The predicted molar refractivity (Wildman–Crippen MR) is 99.6 cm³/mol. The van der Waals surface area contributed by atoms with Gasteiger partial charge in [-0.25, -0.2) is 13.1 Å². The smallest absolute Gasteiger partial charge is 0.211 e. The van der Waals surface area contributed by atoms with E-state index < -0.39 is 10.0 Å². The van der Waals surface area contributed by atoms with E-state index in [1.165, 1.54) is 0 Å². The first-order chi connectivity index (χ1) is 11.9. The molecule has 0 aliphatic rings. The van der Waals surface area contributed by atoms with Crippen LogP contribution in [0.5, 0.6) is 0 Å². The Kier molecular flexibility index (Phi) is 6.54. The van der Waals surface area contributed by atoms with Crippen molar-refractivity contribution < 1.29 is 8.42 Å². The molecule has 1 heterocycles. The van der Waals surface area contributed by atoms with Crippen molar-refractivity contribution >= 4 is 21.6 Å². The fourth-order valence-electron chi connectivity index (χ4n) is 2.47. The molecule has 0 saturated carbocycles. The number of nitriles is 1. The molecule has 0 aliphatic carbocycles. The van der Waals surface area contributed by atoms with Crippen molar-refractivity contribution in [3.63, 3.8) is 0 Å². The van der Waals surface area contributed by atoms with Crippen molar-refractivity contribution in [2.24, 2.45) is 0 Å². The molecule has 2 rings (SSSR count). The van der Waals surface area contributed by atoms with Gasteiger partial charge in [0.2, 0.25) is 10.0 Å². The summed E-state index contributed by atoms with van der Waals surface area (Å²) in [7, 11) is -3.32. The van der Waals surface area contributed by atoms with Crippen LogP contribution in [0.2, 0.25) is 5.02 Å². The molecule has 0 fully saturated rings. The summed E-state index contributed by atoms with van der Waals surface area (Å²) in [5.41, 5.74) is 2.86. The number of nitrogens with zero attached hydrogens (tertiary/aromatic N) is 2. The van der Waals surface area contributed by atoms with E-state index >= 15 is 0 Å². The van der Waals surface area contributed by atoms with Gasteiger partial charge in [0.05, 0.1) is 16.3 Å². The maximum absolute atomic E-state index is 11.9. The third-order valence-electron chi connectivity index (χ3n) is 3.86. The molecule has 25 heavy (non-hydrogen) atoms. The lowest BCUT2D eigenvalue weighted by Gasteiger charge is -2.18. The highest BCUT2D eigenvalue weighted by Gasteiger charge is 2.18. The second-order valence-corrected chi connectivity index (χ2v) is 8.13. The van der Waals surface area contributed by atoms with Gasteiger partial charge < -0.3 is 0 Å². The third kappa shape index (κ3) is 5.02. The number of aromatic nitrogens is 1. The average molecular weight is 378 g/mol. The Balaban J connectivity index is 2.39. The summed E-state index contributed by atoms with van der Waals surface area (Å²) in [5, 5.41) is 9.35. The number of sulfonamides is 1. The number of nitrogens with one attached hydrogen (secondary N) is 1. The minimum absolute atomic E-state index is 0.0333. The molecule has 7 heteroatoms. The predicted octanol–water partition coefficient (Wildman–Crippen LogP) is 4.05. The van der Waals surface area contributed by atoms with Crippen LogP contribution in [0.4, 0.5) is 0 Å². The summed E-state index contributed by atoms with van der Waals surface area (Å²) in [5.74, 6) is 0.0333. The zero-order valence-electron chi connectivity index (χ0n) is 14.2. The van der Waals surface area contributed by atoms with E-state index in [2.05, 4.69) is 9.71 Å². The normalized spacial score (nSPS) is 12.6. The van der Waals surface area contributed by atoms with Gasteiger partial charge in [-0.15, -0.1) is 0 Å². The SMILES string of the molecule is CCCC(NS(=O)(=O)CC)c1cncc(-c2ccc(C#N)c(Cl)c2)c1. The molecule has 0 saturated heterocycles. The Labute approximate surface area is 153 Å². The van der Waals surface area contributed by atoms with E-state index in [4.69, 9.17) is 16.9 Å². The van der Waals surface area contributed by atoms with Gasteiger partial charge in [0, 0.05) is 24.0 Å². The lowest BCUT2D eigenvalue weighted by atomic mass is 10.00. The fraction of sp³-hybridized carbons (Fsp3) is 0.333. The molecule has 0 radical (unpaired) electrons. The van der Waals surface area contributed by atoms with Crippen molar-refractivity contribution in [3.05, 3.63) is 52.8 Å². The highest BCUT2D eigenvalue weighted by Crippen LogP contribution is 2.28. The van der Waals surface area contributed by atoms with Gasteiger partial charge in [-0.1, -0.05) is 31.0 Å². The summed E-state index contributed by atoms with van der Waals surface area (Å²) in [6.45, 7) is 3.61. The fourth-order valence-corrected chi connectivity index (χ4v) is 3.55. The van der Waals surface area contributed by atoms with E-state index in [0.29, 0.717) is 17.0 Å². The molecule has 0 amide bonds. The average Bonchev–Trinajstić information content (AvgIpc) is 2.61. The summed E-state index contributed by atoms with van der Waals surface area (Å²) in [6.07, 6.45) is 4.88. The van der Waals surface area contributed by atoms with Crippen molar-refractivity contribution in [3.8, 4) is 17.2 Å². The lowest BCUT2D eigenvalue weighted by molar-refractivity contribution is 0.536. The second kappa shape index (κ2) is 8.43. The van der Waals surface area contributed by atoms with Crippen molar-refractivity contribution in [1.29, 1.82) is 5.26 Å². The molecule has 1 unspecified atom stereocenters. The molecule has 1 N–H and O–H groups in total. The van der Waals surface area contributed by atoms with Crippen LogP contribution in [0.25, 0.3) is 11.1 Å². The topological polar surface area (TPSA) is 82.8 Å². The highest BCUT2D eigenvalue weighted by atomic mass is 35.5. The first kappa shape index (κ1) is 19.4. The Hall–Kier alpha value is -1.94. The maximum atomic E-state index is 11.9. The van der Waals surface area contributed by atoms with Crippen LogP contribution in [0.15, 0.2) is 36.7 Å². The van der Waals surface area contributed by atoms with E-state index in [9.17, 15) is 8.42 Å². The van der Waals surface area contributed by atoms with Crippen molar-refractivity contribution in [2.75, 3.05) is 5.75 Å². The maximum Gasteiger partial charge on any atom is 0.211 e. The first-order valence-corrected chi connectivity index (χ1v) is 10.1. The molecule has 132 valence electrons. The van der Waals surface area contributed by atoms with E-state index in [1.54, 1.807) is 37.5 Å². The van der Waals surface area contributed by atoms with E-state index in [0.717, 1.165) is 23.1 Å². The van der Waals surface area contributed by atoms with Gasteiger partial charge in [-0.2, -0.15) is 5.26 Å². The van der Waals surface area contributed by atoms with Gasteiger partial charge >= 0.3 is 0 Å². The largest absolute Gasteiger partial charge is 0.264 e. The molecular formula is C18H20ClN3O2S. The molecule has 0 aliphatic heterocycles. The summed E-state index contributed by atoms with van der Waals surface area (Å²) in [4.78, 5) is 4.25. The Morgan fingerprint density at radius 3 is 2.60 bits per heavy atom. The van der Waals surface area contributed by atoms with Crippen LogP contribution in [0.1, 0.15) is 43.9 Å². The highest BCUT2D eigenvalue weighted by molar-refractivity contribution is 7.89. The number of hydrogen-bond acceptors (Lipinski definition) is 4. The number of hydrogen-bond donors (Lipinski definition) is 1. The summed E-state index contributed by atoms with van der Waals surface area (Å²) >= 11 is 6.10. The van der Waals surface area contributed by atoms with Crippen LogP contribution in [0.3, 0.4) is 0 Å². The first-order valence-electron chi connectivity index (χ1n) is 8.05. The standard InChI is InChI=1S/C18H20ClN3O2S/c1-3-5-18(22-25(23,24)4-2)16-8-15(11-21-12-16)13-6-7-14(10-20)17(19)9-13/h6-9,11-12,18,22H,3-5H2,1-2H3. The summed E-state index contributed by atoms with van der Waals surface area (Å²) < 4.78 is 26.6. The van der Waals surface area contributed by atoms with Gasteiger partial charge in [0.1, 0.15) is 6.07 Å². The zero-order chi connectivity index (χ0) is 18.4. The van der Waals surface area contributed by atoms with E-state index in [1.807, 2.05) is 19.1 Å². The molecule has 1 aromatic carbocycles. The lowest BCUT2D eigenvalue weighted by Crippen LogP contribution is -2.30. The molecule has 2 aromatic rings. The van der Waals surface area contributed by atoms with Gasteiger partial charge in [-0.05, 0) is 42.7 Å². The monoisotopic (exact) mass is 377 g/mol. The van der Waals surface area contributed by atoms with Crippen LogP contribution < -0.4 is 4.72 Å². The van der Waals surface area contributed by atoms with Gasteiger partial charge in [-0.3, -0.25) is 4.98 Å². The third-order valence-corrected chi connectivity index (χ3v) is 5.58. The second-order valence-electron chi connectivity index (χ2n) is 5.68. The molecular weight excluding hydrogens is 358 g/mol. The molecule has 0 spiro atoms. The summed E-state index contributed by atoms with van der Waals surface area (Å²) in [6, 6.07) is 8.79. The molecule has 1 aromatic heterocycles. The van der Waals surface area contributed by atoms with Crippen LogP contribution in [-0.2, 0) is 10.0 Å².